The van der Waals surface area contributed by atoms with Gasteiger partial charge < -0.3 is 15.8 Å². The number of hydrogen-bond acceptors (Lipinski definition) is 4. The maximum Gasteiger partial charge on any atom is 0.170 e. The number of aryl methyl sites for hydroxylation is 1. The molecule has 3 N–H and O–H groups in total. The van der Waals surface area contributed by atoms with Crippen molar-refractivity contribution in [1.82, 2.24) is 4.98 Å². The maximum absolute atomic E-state index is 8.81. The van der Waals surface area contributed by atoms with Crippen molar-refractivity contribution in [3.63, 3.8) is 0 Å². The fraction of sp³-hybridized carbons (Fsp3) is 0.571. The molecule has 104 valence electrons. The lowest BCUT2D eigenvalue weighted by molar-refractivity contribution is 0.318. The third-order valence-electron chi connectivity index (χ3n) is 3.74. The second kappa shape index (κ2) is 5.91. The number of amidine groups is 1. The predicted molar refractivity (Wildman–Crippen MR) is 76.8 cm³/mol. The monoisotopic (exact) mass is 262 g/mol. The van der Waals surface area contributed by atoms with Crippen LogP contribution in [0.5, 0.6) is 0 Å². The molecule has 1 fully saturated rings. The molecule has 0 radical (unpaired) electrons. The second-order valence-corrected chi connectivity index (χ2v) is 5.06. The van der Waals surface area contributed by atoms with Gasteiger partial charge in [0.25, 0.3) is 0 Å². The number of oxime groups is 1. The molecule has 19 heavy (non-hydrogen) atoms. The van der Waals surface area contributed by atoms with Gasteiger partial charge in [-0.2, -0.15) is 0 Å². The van der Waals surface area contributed by atoms with E-state index in [-0.39, 0.29) is 5.84 Å². The van der Waals surface area contributed by atoms with Crippen molar-refractivity contribution in [3.05, 3.63) is 23.4 Å². The highest BCUT2D eigenvalue weighted by Gasteiger charge is 2.23. The zero-order valence-electron chi connectivity index (χ0n) is 11.6. The molecule has 0 bridgehead atoms. The van der Waals surface area contributed by atoms with Crippen LogP contribution in [0.4, 0.5) is 5.82 Å². The van der Waals surface area contributed by atoms with E-state index in [1.54, 1.807) is 0 Å². The van der Waals surface area contributed by atoms with Gasteiger partial charge in [0.2, 0.25) is 0 Å². The minimum Gasteiger partial charge on any atom is -0.409 e. The summed E-state index contributed by atoms with van der Waals surface area (Å²) in [6, 6.07) is 4.31. The number of pyridine rings is 1. The topological polar surface area (TPSA) is 74.7 Å². The molecule has 0 spiro atoms. The van der Waals surface area contributed by atoms with Gasteiger partial charge in [-0.3, -0.25) is 0 Å². The summed E-state index contributed by atoms with van der Waals surface area (Å²) in [6.45, 7) is 5.00. The molecule has 1 aliphatic carbocycles. The highest BCUT2D eigenvalue weighted by atomic mass is 16.4. The minimum absolute atomic E-state index is 0.134. The Hall–Kier alpha value is -1.78. The molecule has 1 aromatic heterocycles. The molecular formula is C14H22N4O. The van der Waals surface area contributed by atoms with Crippen LogP contribution in [0.1, 0.15) is 43.9 Å². The van der Waals surface area contributed by atoms with Crippen LogP contribution < -0.4 is 10.6 Å². The van der Waals surface area contributed by atoms with Crippen molar-refractivity contribution in [2.24, 2.45) is 10.9 Å². The number of aromatic nitrogens is 1. The average molecular weight is 262 g/mol. The Labute approximate surface area is 114 Å². The van der Waals surface area contributed by atoms with E-state index in [1.165, 1.54) is 25.7 Å². The molecule has 1 saturated carbocycles. The van der Waals surface area contributed by atoms with E-state index in [2.05, 4.69) is 22.0 Å². The third-order valence-corrected chi connectivity index (χ3v) is 3.74. The smallest absolute Gasteiger partial charge is 0.170 e. The molecule has 0 saturated heterocycles. The lowest BCUT2D eigenvalue weighted by atomic mass is 10.1. The number of nitrogens with two attached hydrogens (primary N) is 1. The van der Waals surface area contributed by atoms with Gasteiger partial charge in [0, 0.05) is 23.8 Å². The zero-order valence-corrected chi connectivity index (χ0v) is 11.6. The number of hydrogen-bond donors (Lipinski definition) is 2. The minimum atomic E-state index is 0.134. The summed E-state index contributed by atoms with van der Waals surface area (Å²) >= 11 is 0. The fourth-order valence-electron chi connectivity index (χ4n) is 2.83. The third kappa shape index (κ3) is 2.97. The van der Waals surface area contributed by atoms with Crippen molar-refractivity contribution in [2.45, 2.75) is 45.6 Å². The first kappa shape index (κ1) is 13.6. The standard InChI is InChI=1S/C14H22N4O/c1-3-18(12-6-4-5-7-12)13-9-11(14(15)17-19)8-10(2)16-13/h8-9,12,19H,3-7H2,1-2H3,(H2,15,17). The molecular weight excluding hydrogens is 240 g/mol. The molecule has 1 aliphatic rings. The molecule has 5 heteroatoms. The first-order chi connectivity index (χ1) is 9.15. The van der Waals surface area contributed by atoms with Gasteiger partial charge in [-0.1, -0.05) is 18.0 Å². The molecule has 5 nitrogen and oxygen atoms in total. The van der Waals surface area contributed by atoms with Crippen LogP contribution in [-0.4, -0.2) is 28.6 Å². The van der Waals surface area contributed by atoms with E-state index in [4.69, 9.17) is 10.9 Å². The van der Waals surface area contributed by atoms with Crippen LogP contribution in [0.15, 0.2) is 17.3 Å². The molecule has 2 rings (SSSR count). The lowest BCUT2D eigenvalue weighted by Gasteiger charge is -2.29. The van der Waals surface area contributed by atoms with Crippen LogP contribution in [0.3, 0.4) is 0 Å². The highest BCUT2D eigenvalue weighted by molar-refractivity contribution is 5.97. The first-order valence-electron chi connectivity index (χ1n) is 6.89. The molecule has 0 aliphatic heterocycles. The summed E-state index contributed by atoms with van der Waals surface area (Å²) < 4.78 is 0. The Morgan fingerprint density at radius 2 is 2.16 bits per heavy atom. The summed E-state index contributed by atoms with van der Waals surface area (Å²) in [7, 11) is 0. The molecule has 0 unspecified atom stereocenters. The van der Waals surface area contributed by atoms with E-state index in [0.717, 1.165) is 23.6 Å². The molecule has 1 heterocycles. The zero-order chi connectivity index (χ0) is 13.8. The number of anilines is 1. The summed E-state index contributed by atoms with van der Waals surface area (Å²) in [6.07, 6.45) is 5.03. The van der Waals surface area contributed by atoms with Crippen LogP contribution in [0, 0.1) is 6.92 Å². The summed E-state index contributed by atoms with van der Waals surface area (Å²) in [4.78, 5) is 6.93. The summed E-state index contributed by atoms with van der Waals surface area (Å²) in [5.41, 5.74) is 7.29. The van der Waals surface area contributed by atoms with E-state index in [9.17, 15) is 0 Å². The number of rotatable bonds is 4. The van der Waals surface area contributed by atoms with Gasteiger partial charge in [-0.15, -0.1) is 0 Å². The van der Waals surface area contributed by atoms with Crippen molar-refractivity contribution in [2.75, 3.05) is 11.4 Å². The van der Waals surface area contributed by atoms with Crippen molar-refractivity contribution < 1.29 is 5.21 Å². The highest BCUT2D eigenvalue weighted by Crippen LogP contribution is 2.27. The van der Waals surface area contributed by atoms with Crippen LogP contribution >= 0.6 is 0 Å². The molecule has 0 aromatic carbocycles. The van der Waals surface area contributed by atoms with E-state index >= 15 is 0 Å². The average Bonchev–Trinajstić information content (AvgIpc) is 2.92. The Bertz CT molecular complexity index is 467. The SMILES string of the molecule is CCN(c1cc(/C(N)=N/O)cc(C)n1)C1CCCC1. The Balaban J connectivity index is 2.34. The molecule has 0 atom stereocenters. The normalized spacial score (nSPS) is 16.8. The van der Waals surface area contributed by atoms with E-state index in [1.807, 2.05) is 19.1 Å². The Morgan fingerprint density at radius 3 is 2.74 bits per heavy atom. The van der Waals surface area contributed by atoms with Crippen LogP contribution in [0.25, 0.3) is 0 Å². The number of nitrogens with zero attached hydrogens (tertiary/aromatic N) is 3. The van der Waals surface area contributed by atoms with Gasteiger partial charge in [-0.25, -0.2) is 4.98 Å². The Kier molecular flexibility index (Phi) is 4.24. The molecule has 0 amide bonds. The Morgan fingerprint density at radius 1 is 1.47 bits per heavy atom. The van der Waals surface area contributed by atoms with Crippen molar-refractivity contribution in [3.8, 4) is 0 Å². The summed E-state index contributed by atoms with van der Waals surface area (Å²) in [5.74, 6) is 1.06. The lowest BCUT2D eigenvalue weighted by Crippen LogP contribution is -2.34. The van der Waals surface area contributed by atoms with Crippen LogP contribution in [-0.2, 0) is 0 Å². The first-order valence-corrected chi connectivity index (χ1v) is 6.89. The van der Waals surface area contributed by atoms with Gasteiger partial charge in [-0.05, 0) is 38.8 Å². The van der Waals surface area contributed by atoms with Gasteiger partial charge >= 0.3 is 0 Å². The van der Waals surface area contributed by atoms with Gasteiger partial charge in [0.05, 0.1) is 0 Å². The second-order valence-electron chi connectivity index (χ2n) is 5.06. The van der Waals surface area contributed by atoms with E-state index < -0.39 is 0 Å². The van der Waals surface area contributed by atoms with Crippen molar-refractivity contribution in [1.29, 1.82) is 0 Å². The predicted octanol–water partition coefficient (Wildman–Crippen LogP) is 2.25. The van der Waals surface area contributed by atoms with Crippen molar-refractivity contribution >= 4 is 11.7 Å². The van der Waals surface area contributed by atoms with Gasteiger partial charge in [0.1, 0.15) is 5.82 Å². The van der Waals surface area contributed by atoms with Gasteiger partial charge in [0.15, 0.2) is 5.84 Å². The fourth-order valence-corrected chi connectivity index (χ4v) is 2.83. The maximum atomic E-state index is 8.81. The largest absolute Gasteiger partial charge is 0.409 e. The van der Waals surface area contributed by atoms with Crippen LogP contribution in [0.2, 0.25) is 0 Å². The quantitative estimate of drug-likeness (QED) is 0.378. The molecule has 1 aromatic rings. The van der Waals surface area contributed by atoms with E-state index in [0.29, 0.717) is 6.04 Å². The summed E-state index contributed by atoms with van der Waals surface area (Å²) in [5, 5.41) is 11.9.